The van der Waals surface area contributed by atoms with Crippen molar-refractivity contribution in [3.63, 3.8) is 0 Å². The van der Waals surface area contributed by atoms with Gasteiger partial charge in [-0.25, -0.2) is 0 Å². The third-order valence-electron chi connectivity index (χ3n) is 2.88. The maximum absolute atomic E-state index is 10.3. The van der Waals surface area contributed by atoms with Crippen molar-refractivity contribution in [2.45, 2.75) is 12.0 Å². The number of fused-ring (bicyclic) bond motifs is 1. The van der Waals surface area contributed by atoms with Gasteiger partial charge in [-0.3, -0.25) is 0 Å². The molecule has 2 heterocycles. The van der Waals surface area contributed by atoms with Crippen LogP contribution in [0, 0.1) is 0 Å². The number of hydrogen-bond donors (Lipinski definition) is 1. The van der Waals surface area contributed by atoms with Gasteiger partial charge in [0.1, 0.15) is 5.60 Å². The van der Waals surface area contributed by atoms with Gasteiger partial charge in [0.25, 0.3) is 0 Å². The zero-order valence-corrected chi connectivity index (χ0v) is 9.09. The standard InChI is InChI=1S/C12H12O2S/c13-12(5-6-14-8-12)11-7-9-3-1-2-4-10(9)15-11/h1-4,7,13H,5-6,8H2. The van der Waals surface area contributed by atoms with Crippen LogP contribution in [-0.4, -0.2) is 18.3 Å². The Labute approximate surface area is 92.1 Å². The second-order valence-corrected chi connectivity index (χ2v) is 5.07. The van der Waals surface area contributed by atoms with E-state index < -0.39 is 5.60 Å². The molecule has 2 aromatic rings. The lowest BCUT2D eigenvalue weighted by Crippen LogP contribution is -2.23. The lowest BCUT2D eigenvalue weighted by Gasteiger charge is -2.17. The molecule has 0 aliphatic carbocycles. The Balaban J connectivity index is 2.11. The molecule has 1 aromatic heterocycles. The summed E-state index contributed by atoms with van der Waals surface area (Å²) in [6.45, 7) is 1.09. The number of hydrogen-bond acceptors (Lipinski definition) is 3. The van der Waals surface area contributed by atoms with Gasteiger partial charge in [-0.15, -0.1) is 11.3 Å². The van der Waals surface area contributed by atoms with E-state index >= 15 is 0 Å². The predicted molar refractivity (Wildman–Crippen MR) is 61.2 cm³/mol. The zero-order chi connectivity index (χ0) is 10.3. The lowest BCUT2D eigenvalue weighted by atomic mass is 10.0. The molecule has 1 N–H and O–H groups in total. The summed E-state index contributed by atoms with van der Waals surface area (Å²) in [6.07, 6.45) is 0.708. The molecule has 3 rings (SSSR count). The zero-order valence-electron chi connectivity index (χ0n) is 8.27. The van der Waals surface area contributed by atoms with Gasteiger partial charge in [-0.2, -0.15) is 0 Å². The van der Waals surface area contributed by atoms with Crippen molar-refractivity contribution >= 4 is 21.4 Å². The molecule has 1 aliphatic heterocycles. The highest BCUT2D eigenvalue weighted by atomic mass is 32.1. The second kappa shape index (κ2) is 3.30. The van der Waals surface area contributed by atoms with E-state index in [0.717, 1.165) is 4.88 Å². The molecule has 2 nitrogen and oxygen atoms in total. The van der Waals surface area contributed by atoms with Crippen LogP contribution in [0.1, 0.15) is 11.3 Å². The Hall–Kier alpha value is -0.900. The van der Waals surface area contributed by atoms with E-state index in [1.54, 1.807) is 11.3 Å². The van der Waals surface area contributed by atoms with E-state index in [0.29, 0.717) is 19.6 Å². The number of thiophene rings is 1. The van der Waals surface area contributed by atoms with Gasteiger partial charge in [-0.1, -0.05) is 18.2 Å². The summed E-state index contributed by atoms with van der Waals surface area (Å²) in [6, 6.07) is 10.3. The minimum absolute atomic E-state index is 0.430. The molecule has 0 amide bonds. The molecule has 3 heteroatoms. The van der Waals surface area contributed by atoms with Gasteiger partial charge in [0.15, 0.2) is 0 Å². The number of benzene rings is 1. The van der Waals surface area contributed by atoms with Gasteiger partial charge in [0, 0.05) is 22.6 Å². The van der Waals surface area contributed by atoms with Crippen LogP contribution < -0.4 is 0 Å². The van der Waals surface area contributed by atoms with Gasteiger partial charge < -0.3 is 9.84 Å². The Bertz CT molecular complexity index is 450. The highest BCUT2D eigenvalue weighted by molar-refractivity contribution is 7.19. The van der Waals surface area contributed by atoms with E-state index in [1.165, 1.54) is 10.1 Å². The van der Waals surface area contributed by atoms with Crippen molar-refractivity contribution in [1.82, 2.24) is 0 Å². The Kier molecular flexibility index (Phi) is 2.06. The van der Waals surface area contributed by atoms with E-state index in [2.05, 4.69) is 18.2 Å². The van der Waals surface area contributed by atoms with Crippen molar-refractivity contribution < 1.29 is 9.84 Å². The summed E-state index contributed by atoms with van der Waals surface area (Å²) in [5, 5.41) is 11.6. The number of aliphatic hydroxyl groups is 1. The SMILES string of the molecule is OC1(c2cc3ccccc3s2)CCOC1. The monoisotopic (exact) mass is 220 g/mol. The molecule has 0 bridgehead atoms. The fourth-order valence-electron chi connectivity index (χ4n) is 1.96. The fraction of sp³-hybridized carbons (Fsp3) is 0.333. The lowest BCUT2D eigenvalue weighted by molar-refractivity contribution is 0.0264. The molecule has 0 radical (unpaired) electrons. The summed E-state index contributed by atoms with van der Waals surface area (Å²) in [5.41, 5.74) is -0.746. The van der Waals surface area contributed by atoms with Crippen molar-refractivity contribution in [2.24, 2.45) is 0 Å². The minimum Gasteiger partial charge on any atom is -0.382 e. The Morgan fingerprint density at radius 3 is 2.93 bits per heavy atom. The van der Waals surface area contributed by atoms with Crippen LogP contribution in [0.4, 0.5) is 0 Å². The Morgan fingerprint density at radius 2 is 2.20 bits per heavy atom. The van der Waals surface area contributed by atoms with E-state index in [-0.39, 0.29) is 0 Å². The molecule has 15 heavy (non-hydrogen) atoms. The highest BCUT2D eigenvalue weighted by Crippen LogP contribution is 2.37. The molecule has 1 atom stereocenters. The van der Waals surface area contributed by atoms with Crippen LogP contribution in [-0.2, 0) is 10.3 Å². The summed E-state index contributed by atoms with van der Waals surface area (Å²) in [7, 11) is 0. The molecule has 1 saturated heterocycles. The molecule has 1 fully saturated rings. The van der Waals surface area contributed by atoms with Crippen LogP contribution >= 0.6 is 11.3 Å². The summed E-state index contributed by atoms with van der Waals surface area (Å²) >= 11 is 1.66. The topological polar surface area (TPSA) is 29.5 Å². The molecule has 1 unspecified atom stereocenters. The largest absolute Gasteiger partial charge is 0.382 e. The third kappa shape index (κ3) is 1.47. The summed E-state index contributed by atoms with van der Waals surface area (Å²) in [4.78, 5) is 1.03. The number of rotatable bonds is 1. The molecule has 0 saturated carbocycles. The van der Waals surface area contributed by atoms with Gasteiger partial charge in [0.2, 0.25) is 0 Å². The predicted octanol–water partition coefficient (Wildman–Crippen LogP) is 2.51. The van der Waals surface area contributed by atoms with Crippen LogP contribution in [0.2, 0.25) is 0 Å². The first kappa shape index (κ1) is 9.33. The van der Waals surface area contributed by atoms with Crippen molar-refractivity contribution in [1.29, 1.82) is 0 Å². The summed E-state index contributed by atoms with van der Waals surface area (Å²) in [5.74, 6) is 0. The van der Waals surface area contributed by atoms with Crippen LogP contribution in [0.3, 0.4) is 0 Å². The quantitative estimate of drug-likeness (QED) is 0.800. The van der Waals surface area contributed by atoms with E-state index in [4.69, 9.17) is 4.74 Å². The van der Waals surface area contributed by atoms with Crippen LogP contribution in [0.5, 0.6) is 0 Å². The van der Waals surface area contributed by atoms with Gasteiger partial charge in [0.05, 0.1) is 6.61 Å². The molecule has 0 spiro atoms. The normalized spacial score (nSPS) is 26.2. The second-order valence-electron chi connectivity index (χ2n) is 3.98. The van der Waals surface area contributed by atoms with Gasteiger partial charge in [-0.05, 0) is 17.5 Å². The number of ether oxygens (including phenoxy) is 1. The molecular weight excluding hydrogens is 208 g/mol. The van der Waals surface area contributed by atoms with E-state index in [9.17, 15) is 5.11 Å². The highest BCUT2D eigenvalue weighted by Gasteiger charge is 2.35. The first-order chi connectivity index (χ1) is 7.28. The first-order valence-electron chi connectivity index (χ1n) is 5.07. The van der Waals surface area contributed by atoms with Crippen LogP contribution in [0.15, 0.2) is 30.3 Å². The van der Waals surface area contributed by atoms with Gasteiger partial charge >= 0.3 is 0 Å². The molecule has 1 aliphatic rings. The van der Waals surface area contributed by atoms with Crippen molar-refractivity contribution in [2.75, 3.05) is 13.2 Å². The summed E-state index contributed by atoms with van der Waals surface area (Å²) < 4.78 is 6.50. The van der Waals surface area contributed by atoms with Crippen LogP contribution in [0.25, 0.3) is 10.1 Å². The molecule has 78 valence electrons. The third-order valence-corrected chi connectivity index (χ3v) is 4.19. The fourth-order valence-corrected chi connectivity index (χ4v) is 3.12. The maximum atomic E-state index is 10.3. The van der Waals surface area contributed by atoms with Crippen molar-refractivity contribution in [3.8, 4) is 0 Å². The molecular formula is C12H12O2S. The maximum Gasteiger partial charge on any atom is 0.124 e. The smallest absolute Gasteiger partial charge is 0.124 e. The average molecular weight is 220 g/mol. The van der Waals surface area contributed by atoms with E-state index in [1.807, 2.05) is 12.1 Å². The average Bonchev–Trinajstić information content (AvgIpc) is 2.84. The van der Waals surface area contributed by atoms with Crippen molar-refractivity contribution in [3.05, 3.63) is 35.2 Å². The Morgan fingerprint density at radius 1 is 1.33 bits per heavy atom. The first-order valence-corrected chi connectivity index (χ1v) is 5.89. The minimum atomic E-state index is -0.746. The molecule has 1 aromatic carbocycles.